The second-order valence-electron chi connectivity index (χ2n) is 7.71. The lowest BCUT2D eigenvalue weighted by atomic mass is 10.1. The van der Waals surface area contributed by atoms with Crippen LogP contribution in [0, 0.1) is 0 Å². The summed E-state index contributed by atoms with van der Waals surface area (Å²) in [5.41, 5.74) is 16.4. The minimum atomic E-state index is -1.51. The fourth-order valence-electron chi connectivity index (χ4n) is 2.87. The van der Waals surface area contributed by atoms with Gasteiger partial charge in [-0.15, -0.1) is 0 Å². The van der Waals surface area contributed by atoms with Gasteiger partial charge in [0.25, 0.3) is 0 Å². The molecular formula is C19H33N9O7. The first-order valence-electron chi connectivity index (χ1n) is 10.7. The minimum Gasteiger partial charge on any atom is -0.480 e. The SMILES string of the molecule is CC(O)C(NC(=O)C(N)CO)C(=O)NC(CCCN=C(N)N)C(=O)NC(Cc1cnc[nH]1)C(=O)O. The van der Waals surface area contributed by atoms with E-state index in [0.29, 0.717) is 5.69 Å². The molecule has 1 heterocycles. The molecule has 0 aliphatic carbocycles. The van der Waals surface area contributed by atoms with Gasteiger partial charge in [-0.3, -0.25) is 19.4 Å². The molecule has 1 rings (SSSR count). The van der Waals surface area contributed by atoms with Crippen LogP contribution < -0.4 is 33.2 Å². The highest BCUT2D eigenvalue weighted by Crippen LogP contribution is 2.05. The molecular weight excluding hydrogens is 466 g/mol. The number of aromatic amines is 1. The van der Waals surface area contributed by atoms with E-state index in [-0.39, 0.29) is 31.8 Å². The van der Waals surface area contributed by atoms with E-state index in [9.17, 15) is 29.4 Å². The average Bonchev–Trinajstić information content (AvgIpc) is 3.30. The maximum atomic E-state index is 12.9. The quantitative estimate of drug-likeness (QED) is 0.0620. The molecule has 16 nitrogen and oxygen atoms in total. The standard InChI is InChI=1S/C19H33N9O7/c1-9(30)14(28-15(31)11(20)7-29)17(33)26-12(3-2-4-24-19(21)22)16(32)27-13(18(34)35)5-10-6-23-8-25-10/h6,8-9,11-14,29-30H,2-5,7,20H2,1H3,(H,23,25)(H,26,33)(H,27,32)(H,28,31)(H,34,35)(H4,21,22,24). The van der Waals surface area contributed by atoms with Crippen molar-refractivity contribution < 1.29 is 34.5 Å². The summed E-state index contributed by atoms with van der Waals surface area (Å²) in [6, 6.07) is -5.44. The molecule has 0 aromatic carbocycles. The molecule has 196 valence electrons. The van der Waals surface area contributed by atoms with Gasteiger partial charge in [0.2, 0.25) is 17.7 Å². The number of H-pyrrole nitrogens is 1. The number of aliphatic hydroxyl groups is 2. The molecule has 5 atom stereocenters. The Morgan fingerprint density at radius 1 is 1.11 bits per heavy atom. The molecule has 16 heteroatoms. The van der Waals surface area contributed by atoms with Gasteiger partial charge in [-0.05, 0) is 19.8 Å². The Morgan fingerprint density at radius 2 is 1.77 bits per heavy atom. The van der Waals surface area contributed by atoms with Gasteiger partial charge in [0.1, 0.15) is 24.2 Å². The van der Waals surface area contributed by atoms with Crippen LogP contribution >= 0.6 is 0 Å². The van der Waals surface area contributed by atoms with Crippen molar-refractivity contribution >= 4 is 29.7 Å². The van der Waals surface area contributed by atoms with Gasteiger partial charge in [0.05, 0.1) is 19.0 Å². The number of aliphatic imine (C=N–C) groups is 1. The van der Waals surface area contributed by atoms with Crippen LogP contribution in [-0.4, -0.2) is 98.4 Å². The van der Waals surface area contributed by atoms with Crippen LogP contribution in [0.2, 0.25) is 0 Å². The predicted octanol–water partition coefficient (Wildman–Crippen LogP) is -4.75. The van der Waals surface area contributed by atoms with Crippen molar-refractivity contribution in [2.45, 2.75) is 56.5 Å². The number of carbonyl (C=O) groups is 4. The molecule has 0 bridgehead atoms. The average molecular weight is 500 g/mol. The number of aromatic nitrogens is 2. The third kappa shape index (κ3) is 10.4. The number of nitrogens with zero attached hydrogens (tertiary/aromatic N) is 2. The van der Waals surface area contributed by atoms with Crippen molar-refractivity contribution in [2.75, 3.05) is 13.2 Å². The summed E-state index contributed by atoms with van der Waals surface area (Å²) in [5, 5.41) is 35.4. The molecule has 1 aromatic heterocycles. The molecule has 0 saturated heterocycles. The minimum absolute atomic E-state index is 0.00137. The monoisotopic (exact) mass is 499 g/mol. The van der Waals surface area contributed by atoms with E-state index in [0.717, 1.165) is 0 Å². The summed E-state index contributed by atoms with van der Waals surface area (Å²) in [5.74, 6) is -4.13. The Kier molecular flexibility index (Phi) is 12.1. The number of hydrogen-bond donors (Lipinski definition) is 10. The van der Waals surface area contributed by atoms with Crippen LogP contribution in [0.4, 0.5) is 0 Å². The Hall–Kier alpha value is -3.76. The smallest absolute Gasteiger partial charge is 0.326 e. The Balaban J connectivity index is 3.00. The maximum Gasteiger partial charge on any atom is 0.326 e. The van der Waals surface area contributed by atoms with E-state index < -0.39 is 60.6 Å². The van der Waals surface area contributed by atoms with Gasteiger partial charge in [-0.25, -0.2) is 9.78 Å². The van der Waals surface area contributed by atoms with Crippen molar-refractivity contribution in [3.63, 3.8) is 0 Å². The largest absolute Gasteiger partial charge is 0.480 e. The molecule has 1 aromatic rings. The van der Waals surface area contributed by atoms with Crippen molar-refractivity contribution in [2.24, 2.45) is 22.2 Å². The van der Waals surface area contributed by atoms with Gasteiger partial charge < -0.3 is 53.5 Å². The fourth-order valence-corrected chi connectivity index (χ4v) is 2.87. The molecule has 0 fully saturated rings. The summed E-state index contributed by atoms with van der Waals surface area (Å²) in [7, 11) is 0. The molecule has 13 N–H and O–H groups in total. The van der Waals surface area contributed by atoms with E-state index in [1.165, 1.54) is 19.4 Å². The Labute approximate surface area is 200 Å². The first-order valence-corrected chi connectivity index (χ1v) is 10.7. The van der Waals surface area contributed by atoms with Crippen LogP contribution in [0.5, 0.6) is 0 Å². The van der Waals surface area contributed by atoms with E-state index in [1.807, 2.05) is 0 Å². The Morgan fingerprint density at radius 3 is 2.29 bits per heavy atom. The number of aliphatic hydroxyl groups excluding tert-OH is 2. The zero-order chi connectivity index (χ0) is 26.5. The van der Waals surface area contributed by atoms with Crippen LogP contribution in [0.25, 0.3) is 0 Å². The summed E-state index contributed by atoms with van der Waals surface area (Å²) >= 11 is 0. The summed E-state index contributed by atoms with van der Waals surface area (Å²) < 4.78 is 0. The van der Waals surface area contributed by atoms with E-state index >= 15 is 0 Å². The van der Waals surface area contributed by atoms with Crippen LogP contribution in [-0.2, 0) is 25.6 Å². The van der Waals surface area contributed by atoms with Gasteiger partial charge in [-0.1, -0.05) is 0 Å². The number of guanidine groups is 1. The zero-order valence-corrected chi connectivity index (χ0v) is 19.2. The number of carboxylic acids is 1. The molecule has 0 spiro atoms. The lowest BCUT2D eigenvalue weighted by Gasteiger charge is -2.26. The highest BCUT2D eigenvalue weighted by atomic mass is 16.4. The van der Waals surface area contributed by atoms with Crippen LogP contribution in [0.15, 0.2) is 17.5 Å². The second kappa shape index (κ2) is 14.5. The molecule has 5 unspecified atom stereocenters. The van der Waals surface area contributed by atoms with Crippen molar-refractivity contribution in [1.29, 1.82) is 0 Å². The number of nitrogens with one attached hydrogen (secondary N) is 4. The summed E-state index contributed by atoms with van der Waals surface area (Å²) in [4.78, 5) is 59.7. The zero-order valence-electron chi connectivity index (χ0n) is 19.2. The molecule has 0 saturated carbocycles. The maximum absolute atomic E-state index is 12.9. The van der Waals surface area contributed by atoms with Crippen molar-refractivity contribution in [3.05, 3.63) is 18.2 Å². The molecule has 35 heavy (non-hydrogen) atoms. The van der Waals surface area contributed by atoms with E-state index in [4.69, 9.17) is 22.3 Å². The normalized spacial score (nSPS) is 15.1. The highest BCUT2D eigenvalue weighted by Gasteiger charge is 2.32. The highest BCUT2D eigenvalue weighted by molar-refractivity contribution is 5.94. The topological polar surface area (TPSA) is 284 Å². The first kappa shape index (κ1) is 29.3. The number of imidazole rings is 1. The summed E-state index contributed by atoms with van der Waals surface area (Å²) in [6.45, 7) is 0.663. The molecule has 0 aliphatic rings. The van der Waals surface area contributed by atoms with E-state index in [1.54, 1.807) is 0 Å². The third-order valence-electron chi connectivity index (χ3n) is 4.77. The fraction of sp³-hybridized carbons (Fsp3) is 0.579. The van der Waals surface area contributed by atoms with Gasteiger partial charge in [0.15, 0.2) is 5.96 Å². The van der Waals surface area contributed by atoms with Crippen molar-refractivity contribution in [3.8, 4) is 0 Å². The number of nitrogens with two attached hydrogens (primary N) is 3. The number of rotatable bonds is 15. The number of hydrogen-bond acceptors (Lipinski definition) is 9. The summed E-state index contributed by atoms with van der Waals surface area (Å²) in [6.07, 6.45) is 1.51. The van der Waals surface area contributed by atoms with E-state index in [2.05, 4.69) is 30.9 Å². The second-order valence-corrected chi connectivity index (χ2v) is 7.71. The van der Waals surface area contributed by atoms with Gasteiger partial charge in [-0.2, -0.15) is 0 Å². The van der Waals surface area contributed by atoms with Gasteiger partial charge >= 0.3 is 5.97 Å². The predicted molar refractivity (Wildman–Crippen MR) is 122 cm³/mol. The number of carbonyl (C=O) groups excluding carboxylic acids is 3. The molecule has 0 aliphatic heterocycles. The third-order valence-corrected chi connectivity index (χ3v) is 4.77. The lowest BCUT2D eigenvalue weighted by Crippen LogP contribution is -2.60. The molecule has 0 radical (unpaired) electrons. The first-order chi connectivity index (χ1) is 16.5. The van der Waals surface area contributed by atoms with Gasteiger partial charge in [0, 0.05) is 24.9 Å². The number of carboxylic acid groups (broad SMARTS) is 1. The number of aliphatic carboxylic acids is 1. The van der Waals surface area contributed by atoms with Crippen molar-refractivity contribution in [1.82, 2.24) is 25.9 Å². The number of amides is 3. The Bertz CT molecular complexity index is 872. The van der Waals surface area contributed by atoms with Crippen LogP contribution in [0.3, 0.4) is 0 Å². The lowest BCUT2D eigenvalue weighted by molar-refractivity contribution is -0.142. The molecule has 3 amide bonds. The van der Waals surface area contributed by atoms with Crippen LogP contribution in [0.1, 0.15) is 25.5 Å².